The van der Waals surface area contributed by atoms with Crippen molar-refractivity contribution >= 4 is 0 Å². The molecule has 1 N–H and O–H groups in total. The van der Waals surface area contributed by atoms with E-state index in [1.165, 1.54) is 32.1 Å². The Labute approximate surface area is 88.7 Å². The Balaban J connectivity index is 1.72. The van der Waals surface area contributed by atoms with E-state index in [0.717, 1.165) is 29.8 Å². The van der Waals surface area contributed by atoms with Crippen LogP contribution in [0.15, 0.2) is 0 Å². The molecule has 0 radical (unpaired) electrons. The standard InChI is InChI=1S/C13H25N/c1-4-6-7-8-9(3)11-10(5-2)12-13(11)14-12/h9-14H,4-8H2,1-3H3/t9?,10?,11-,12-,13+/m0/s1. The average Bonchev–Trinajstić information content (AvgIpc) is 2.81. The van der Waals surface area contributed by atoms with Gasteiger partial charge < -0.3 is 5.32 Å². The van der Waals surface area contributed by atoms with Crippen LogP contribution in [-0.2, 0) is 0 Å². The highest BCUT2D eigenvalue weighted by molar-refractivity contribution is 5.19. The molecule has 2 fully saturated rings. The Morgan fingerprint density at radius 2 is 1.93 bits per heavy atom. The summed E-state index contributed by atoms with van der Waals surface area (Å²) in [5.74, 6) is 2.99. The summed E-state index contributed by atoms with van der Waals surface area (Å²) in [5, 5.41) is 3.63. The first-order valence-corrected chi connectivity index (χ1v) is 6.55. The maximum absolute atomic E-state index is 3.63. The molecule has 1 nitrogen and oxygen atoms in total. The highest BCUT2D eigenvalue weighted by Gasteiger charge is 2.61. The maximum atomic E-state index is 3.63. The summed E-state index contributed by atoms with van der Waals surface area (Å²) in [5.41, 5.74) is 0. The van der Waals surface area contributed by atoms with Gasteiger partial charge in [-0.2, -0.15) is 0 Å². The van der Waals surface area contributed by atoms with Crippen LogP contribution in [0, 0.1) is 17.8 Å². The second-order valence-electron chi connectivity index (χ2n) is 5.34. The van der Waals surface area contributed by atoms with E-state index in [1.54, 1.807) is 0 Å². The van der Waals surface area contributed by atoms with E-state index in [1.807, 2.05) is 0 Å². The maximum Gasteiger partial charge on any atom is 0.0261 e. The molecule has 0 spiro atoms. The van der Waals surface area contributed by atoms with Gasteiger partial charge in [-0.15, -0.1) is 0 Å². The van der Waals surface area contributed by atoms with Crippen molar-refractivity contribution in [3.63, 3.8) is 0 Å². The number of rotatable bonds is 6. The zero-order chi connectivity index (χ0) is 10.1. The zero-order valence-corrected chi connectivity index (χ0v) is 9.92. The lowest BCUT2D eigenvalue weighted by Gasteiger charge is -2.37. The molecule has 1 aliphatic heterocycles. The van der Waals surface area contributed by atoms with Crippen molar-refractivity contribution in [1.82, 2.24) is 5.32 Å². The van der Waals surface area contributed by atoms with E-state index >= 15 is 0 Å². The van der Waals surface area contributed by atoms with Crippen LogP contribution in [0.25, 0.3) is 0 Å². The Morgan fingerprint density at radius 3 is 2.57 bits per heavy atom. The molecule has 1 heterocycles. The van der Waals surface area contributed by atoms with E-state index in [0.29, 0.717) is 0 Å². The fraction of sp³-hybridized carbons (Fsp3) is 1.00. The Bertz CT molecular complexity index is 190. The molecule has 82 valence electrons. The van der Waals surface area contributed by atoms with Crippen molar-refractivity contribution in [2.45, 2.75) is 65.0 Å². The molecule has 1 heteroatoms. The molecule has 2 rings (SSSR count). The van der Waals surface area contributed by atoms with Gasteiger partial charge in [-0.1, -0.05) is 52.9 Å². The first-order valence-electron chi connectivity index (χ1n) is 6.55. The number of hydrogen-bond donors (Lipinski definition) is 1. The summed E-state index contributed by atoms with van der Waals surface area (Å²) < 4.78 is 0. The SMILES string of the molecule is CCCCCC(C)[C@H]1C(CC)[C@@H]2N[C@H]12. The smallest absolute Gasteiger partial charge is 0.0261 e. The molecule has 2 aliphatic rings. The van der Waals surface area contributed by atoms with Crippen LogP contribution in [0.2, 0.25) is 0 Å². The van der Waals surface area contributed by atoms with Crippen molar-refractivity contribution in [1.29, 1.82) is 0 Å². The van der Waals surface area contributed by atoms with Gasteiger partial charge in [0.1, 0.15) is 0 Å². The molecule has 0 aromatic rings. The van der Waals surface area contributed by atoms with Crippen LogP contribution in [-0.4, -0.2) is 12.1 Å². The Kier molecular flexibility index (Phi) is 3.16. The predicted octanol–water partition coefficient (Wildman–Crippen LogP) is 3.20. The monoisotopic (exact) mass is 195 g/mol. The van der Waals surface area contributed by atoms with Crippen molar-refractivity contribution in [2.75, 3.05) is 0 Å². The molecule has 0 aromatic heterocycles. The number of nitrogens with one attached hydrogen (secondary N) is 1. The lowest BCUT2D eigenvalue weighted by Crippen LogP contribution is -2.40. The van der Waals surface area contributed by atoms with E-state index < -0.39 is 0 Å². The van der Waals surface area contributed by atoms with Gasteiger partial charge in [0, 0.05) is 12.1 Å². The average molecular weight is 195 g/mol. The Hall–Kier alpha value is -0.0400. The normalized spacial score (nSPS) is 41.4. The van der Waals surface area contributed by atoms with Gasteiger partial charge in [-0.05, 0) is 17.8 Å². The largest absolute Gasteiger partial charge is 0.308 e. The van der Waals surface area contributed by atoms with Crippen LogP contribution in [0.4, 0.5) is 0 Å². The van der Waals surface area contributed by atoms with Gasteiger partial charge in [0.05, 0.1) is 0 Å². The van der Waals surface area contributed by atoms with Crippen molar-refractivity contribution in [3.8, 4) is 0 Å². The van der Waals surface area contributed by atoms with Crippen LogP contribution >= 0.6 is 0 Å². The van der Waals surface area contributed by atoms with E-state index in [9.17, 15) is 0 Å². The third kappa shape index (κ3) is 1.71. The summed E-state index contributed by atoms with van der Waals surface area (Å²) in [6.07, 6.45) is 7.08. The minimum Gasteiger partial charge on any atom is -0.308 e. The first-order chi connectivity index (χ1) is 6.79. The van der Waals surface area contributed by atoms with Crippen molar-refractivity contribution < 1.29 is 0 Å². The topological polar surface area (TPSA) is 21.9 Å². The second kappa shape index (κ2) is 4.22. The predicted molar refractivity (Wildman–Crippen MR) is 61.3 cm³/mol. The number of hydrogen-bond acceptors (Lipinski definition) is 1. The van der Waals surface area contributed by atoms with Crippen molar-refractivity contribution in [3.05, 3.63) is 0 Å². The van der Waals surface area contributed by atoms with Gasteiger partial charge in [0.15, 0.2) is 0 Å². The summed E-state index contributed by atoms with van der Waals surface area (Å²) >= 11 is 0. The summed E-state index contributed by atoms with van der Waals surface area (Å²) in [6, 6.07) is 1.86. The zero-order valence-electron chi connectivity index (χ0n) is 9.92. The van der Waals surface area contributed by atoms with E-state index in [4.69, 9.17) is 0 Å². The minimum atomic E-state index is 0.927. The van der Waals surface area contributed by atoms with E-state index in [-0.39, 0.29) is 0 Å². The quantitative estimate of drug-likeness (QED) is 0.510. The summed E-state index contributed by atoms with van der Waals surface area (Å²) in [6.45, 7) is 7.12. The third-order valence-electron chi connectivity index (χ3n) is 4.42. The third-order valence-corrected chi connectivity index (χ3v) is 4.42. The van der Waals surface area contributed by atoms with Gasteiger partial charge in [0.2, 0.25) is 0 Å². The molecule has 1 saturated carbocycles. The van der Waals surface area contributed by atoms with Gasteiger partial charge >= 0.3 is 0 Å². The van der Waals surface area contributed by atoms with Crippen LogP contribution in [0.3, 0.4) is 0 Å². The van der Waals surface area contributed by atoms with Crippen molar-refractivity contribution in [2.24, 2.45) is 17.8 Å². The molecule has 5 atom stereocenters. The first kappa shape index (κ1) is 10.5. The molecule has 0 aromatic carbocycles. The van der Waals surface area contributed by atoms with E-state index in [2.05, 4.69) is 26.1 Å². The van der Waals surface area contributed by atoms with Crippen LogP contribution in [0.1, 0.15) is 52.9 Å². The lowest BCUT2D eigenvalue weighted by atomic mass is 9.65. The fourth-order valence-electron chi connectivity index (χ4n) is 3.48. The molecule has 0 amide bonds. The fourth-order valence-corrected chi connectivity index (χ4v) is 3.48. The number of fused-ring (bicyclic) bond motifs is 1. The Morgan fingerprint density at radius 1 is 1.14 bits per heavy atom. The molecule has 1 saturated heterocycles. The second-order valence-corrected chi connectivity index (χ2v) is 5.34. The number of unbranched alkanes of at least 4 members (excludes halogenated alkanes) is 2. The minimum absolute atomic E-state index is 0.927. The molecule has 14 heavy (non-hydrogen) atoms. The molecule has 2 unspecified atom stereocenters. The van der Waals surface area contributed by atoms with Gasteiger partial charge in [-0.3, -0.25) is 0 Å². The molecular weight excluding hydrogens is 170 g/mol. The van der Waals surface area contributed by atoms with Gasteiger partial charge in [-0.25, -0.2) is 0 Å². The van der Waals surface area contributed by atoms with Gasteiger partial charge in [0.25, 0.3) is 0 Å². The summed E-state index contributed by atoms with van der Waals surface area (Å²) in [4.78, 5) is 0. The lowest BCUT2D eigenvalue weighted by molar-refractivity contribution is 0.152. The van der Waals surface area contributed by atoms with Crippen LogP contribution < -0.4 is 5.32 Å². The summed E-state index contributed by atoms with van der Waals surface area (Å²) in [7, 11) is 0. The molecule has 1 aliphatic carbocycles. The molecule has 0 bridgehead atoms. The highest BCUT2D eigenvalue weighted by Crippen LogP contribution is 2.51. The molecular formula is C13H25N. The highest BCUT2D eigenvalue weighted by atomic mass is 15.2. The van der Waals surface area contributed by atoms with Crippen LogP contribution in [0.5, 0.6) is 0 Å².